The molecule has 0 bridgehead atoms. The third kappa shape index (κ3) is 3.78. The highest BCUT2D eigenvalue weighted by Crippen LogP contribution is 2.23. The number of benzene rings is 1. The Kier molecular flexibility index (Phi) is 4.22. The maximum absolute atomic E-state index is 11.3. The second kappa shape index (κ2) is 5.72. The predicted molar refractivity (Wildman–Crippen MR) is 78.2 cm³/mol. The van der Waals surface area contributed by atoms with Crippen molar-refractivity contribution in [3.05, 3.63) is 29.3 Å². The second-order valence-corrected chi connectivity index (χ2v) is 5.82. The monoisotopic (exact) mass is 261 g/mol. The summed E-state index contributed by atoms with van der Waals surface area (Å²) in [5.41, 5.74) is 9.03. The highest BCUT2D eigenvalue weighted by atomic mass is 16.1. The van der Waals surface area contributed by atoms with Gasteiger partial charge in [-0.25, -0.2) is 0 Å². The molecule has 1 aliphatic heterocycles. The molecule has 0 saturated carbocycles. The fraction of sp³-hybridized carbons (Fsp3) is 0.533. The number of hydrogen-bond acceptors (Lipinski definition) is 3. The lowest BCUT2D eigenvalue weighted by molar-refractivity contribution is -0.115. The molecule has 4 N–H and O–H groups in total. The lowest BCUT2D eigenvalue weighted by Crippen LogP contribution is -2.42. The highest BCUT2D eigenvalue weighted by molar-refractivity contribution is 5.99. The van der Waals surface area contributed by atoms with Gasteiger partial charge in [-0.3, -0.25) is 4.79 Å². The molecule has 0 aromatic heterocycles. The number of carbonyl (C=O) groups is 1. The molecule has 2 rings (SSSR count). The Morgan fingerprint density at radius 3 is 2.95 bits per heavy atom. The average Bonchev–Trinajstić information content (AvgIpc) is 2.68. The Labute approximate surface area is 114 Å². The van der Waals surface area contributed by atoms with Crippen molar-refractivity contribution in [3.63, 3.8) is 0 Å². The molecule has 1 amide bonds. The van der Waals surface area contributed by atoms with Crippen LogP contribution in [0.3, 0.4) is 0 Å². The Morgan fingerprint density at radius 1 is 1.42 bits per heavy atom. The smallest absolute Gasteiger partial charge is 0.228 e. The summed E-state index contributed by atoms with van der Waals surface area (Å²) in [4.78, 5) is 11.3. The van der Waals surface area contributed by atoms with Crippen LogP contribution in [-0.2, 0) is 17.6 Å². The van der Waals surface area contributed by atoms with E-state index in [1.807, 2.05) is 6.07 Å². The van der Waals surface area contributed by atoms with Crippen LogP contribution in [-0.4, -0.2) is 24.5 Å². The summed E-state index contributed by atoms with van der Waals surface area (Å²) in [7, 11) is 0. The number of anilines is 1. The SMILES string of the molecule is CC(C)(CCN)NCCc1ccc2c(c1)CC(=O)N2. The van der Waals surface area contributed by atoms with Gasteiger partial charge in [0.15, 0.2) is 0 Å². The van der Waals surface area contributed by atoms with Crippen LogP contribution in [0.1, 0.15) is 31.4 Å². The zero-order valence-electron chi connectivity index (χ0n) is 11.8. The van der Waals surface area contributed by atoms with Crippen LogP contribution in [0.5, 0.6) is 0 Å². The van der Waals surface area contributed by atoms with Crippen molar-refractivity contribution >= 4 is 11.6 Å². The fourth-order valence-corrected chi connectivity index (χ4v) is 2.43. The lowest BCUT2D eigenvalue weighted by Gasteiger charge is -2.25. The predicted octanol–water partition coefficient (Wildman–Crippen LogP) is 1.44. The minimum Gasteiger partial charge on any atom is -0.330 e. The number of hydrogen-bond donors (Lipinski definition) is 3. The average molecular weight is 261 g/mol. The Balaban J connectivity index is 1.88. The van der Waals surface area contributed by atoms with Gasteiger partial charge in [0.25, 0.3) is 0 Å². The maximum Gasteiger partial charge on any atom is 0.228 e. The summed E-state index contributed by atoms with van der Waals surface area (Å²) < 4.78 is 0. The molecule has 0 atom stereocenters. The van der Waals surface area contributed by atoms with Crippen molar-refractivity contribution in [2.24, 2.45) is 5.73 Å². The summed E-state index contributed by atoms with van der Waals surface area (Å²) >= 11 is 0. The Hall–Kier alpha value is -1.39. The van der Waals surface area contributed by atoms with Gasteiger partial charge in [0.05, 0.1) is 6.42 Å². The van der Waals surface area contributed by atoms with Crippen molar-refractivity contribution < 1.29 is 4.79 Å². The van der Waals surface area contributed by atoms with E-state index in [9.17, 15) is 4.79 Å². The molecule has 0 aliphatic carbocycles. The molecule has 104 valence electrons. The first-order valence-corrected chi connectivity index (χ1v) is 6.87. The normalized spacial score (nSPS) is 14.4. The van der Waals surface area contributed by atoms with E-state index >= 15 is 0 Å². The number of amides is 1. The van der Waals surface area contributed by atoms with E-state index in [0.717, 1.165) is 30.6 Å². The van der Waals surface area contributed by atoms with Crippen LogP contribution in [0, 0.1) is 0 Å². The zero-order chi connectivity index (χ0) is 13.9. The molecule has 19 heavy (non-hydrogen) atoms. The molecule has 4 heteroatoms. The minimum atomic E-state index is 0.0863. The van der Waals surface area contributed by atoms with Crippen LogP contribution in [0.4, 0.5) is 5.69 Å². The van der Waals surface area contributed by atoms with Gasteiger partial charge in [-0.1, -0.05) is 12.1 Å². The zero-order valence-corrected chi connectivity index (χ0v) is 11.8. The molecule has 1 aliphatic rings. The van der Waals surface area contributed by atoms with Gasteiger partial charge in [0, 0.05) is 11.2 Å². The van der Waals surface area contributed by atoms with E-state index in [1.54, 1.807) is 0 Å². The number of fused-ring (bicyclic) bond motifs is 1. The largest absolute Gasteiger partial charge is 0.330 e. The van der Waals surface area contributed by atoms with Crippen LogP contribution < -0.4 is 16.4 Å². The van der Waals surface area contributed by atoms with Gasteiger partial charge in [-0.15, -0.1) is 0 Å². The first-order chi connectivity index (χ1) is 9.00. The number of nitrogens with two attached hydrogens (primary N) is 1. The molecule has 4 nitrogen and oxygen atoms in total. The van der Waals surface area contributed by atoms with Gasteiger partial charge < -0.3 is 16.4 Å². The van der Waals surface area contributed by atoms with Gasteiger partial charge >= 0.3 is 0 Å². The quantitative estimate of drug-likeness (QED) is 0.726. The minimum absolute atomic E-state index is 0.0863. The standard InChI is InChI=1S/C15H23N3O/c1-15(2,6-7-16)17-8-5-11-3-4-13-12(9-11)10-14(19)18-13/h3-4,9,17H,5-8,10,16H2,1-2H3,(H,18,19). The van der Waals surface area contributed by atoms with Gasteiger partial charge in [0.2, 0.25) is 5.91 Å². The van der Waals surface area contributed by atoms with Gasteiger partial charge in [0.1, 0.15) is 0 Å². The Morgan fingerprint density at radius 2 is 2.21 bits per heavy atom. The van der Waals surface area contributed by atoms with Crippen LogP contribution in [0.15, 0.2) is 18.2 Å². The van der Waals surface area contributed by atoms with E-state index in [0.29, 0.717) is 13.0 Å². The van der Waals surface area contributed by atoms with E-state index in [-0.39, 0.29) is 11.4 Å². The molecule has 1 aromatic carbocycles. The summed E-state index contributed by atoms with van der Waals surface area (Å²) in [5.74, 6) is 0.0920. The molecule has 0 radical (unpaired) electrons. The molecule has 0 unspecified atom stereocenters. The molecule has 0 spiro atoms. The topological polar surface area (TPSA) is 67.1 Å². The van der Waals surface area contributed by atoms with Crippen LogP contribution >= 0.6 is 0 Å². The van der Waals surface area contributed by atoms with Crippen molar-refractivity contribution in [3.8, 4) is 0 Å². The van der Waals surface area contributed by atoms with Crippen LogP contribution in [0.2, 0.25) is 0 Å². The number of rotatable bonds is 6. The van der Waals surface area contributed by atoms with Crippen molar-refractivity contribution in [1.29, 1.82) is 0 Å². The molecule has 0 saturated heterocycles. The van der Waals surface area contributed by atoms with Crippen molar-refractivity contribution in [1.82, 2.24) is 5.32 Å². The van der Waals surface area contributed by atoms with Gasteiger partial charge in [-0.2, -0.15) is 0 Å². The third-order valence-electron chi connectivity index (χ3n) is 3.58. The van der Waals surface area contributed by atoms with Crippen molar-refractivity contribution in [2.75, 3.05) is 18.4 Å². The summed E-state index contributed by atoms with van der Waals surface area (Å²) in [5, 5.41) is 6.38. The maximum atomic E-state index is 11.3. The van der Waals surface area contributed by atoms with E-state index < -0.39 is 0 Å². The first kappa shape index (κ1) is 14.0. The molecular formula is C15H23N3O. The second-order valence-electron chi connectivity index (χ2n) is 5.82. The summed E-state index contributed by atoms with van der Waals surface area (Å²) in [6.45, 7) is 5.97. The molecule has 1 heterocycles. The van der Waals surface area contributed by atoms with E-state index in [1.165, 1.54) is 5.56 Å². The van der Waals surface area contributed by atoms with E-state index in [2.05, 4.69) is 36.6 Å². The summed E-state index contributed by atoms with van der Waals surface area (Å²) in [6, 6.07) is 6.22. The van der Waals surface area contributed by atoms with Crippen LogP contribution in [0.25, 0.3) is 0 Å². The number of carbonyl (C=O) groups excluding carboxylic acids is 1. The fourth-order valence-electron chi connectivity index (χ4n) is 2.43. The van der Waals surface area contributed by atoms with Gasteiger partial charge in [-0.05, 0) is 57.0 Å². The first-order valence-electron chi connectivity index (χ1n) is 6.87. The molecule has 0 fully saturated rings. The lowest BCUT2D eigenvalue weighted by atomic mass is 10.00. The number of nitrogens with one attached hydrogen (secondary N) is 2. The van der Waals surface area contributed by atoms with Crippen molar-refractivity contribution in [2.45, 2.75) is 38.6 Å². The van der Waals surface area contributed by atoms with E-state index in [4.69, 9.17) is 5.73 Å². The molecular weight excluding hydrogens is 238 g/mol. The third-order valence-corrected chi connectivity index (χ3v) is 3.58. The Bertz CT molecular complexity index is 468. The molecule has 1 aromatic rings. The highest BCUT2D eigenvalue weighted by Gasteiger charge is 2.18. The summed E-state index contributed by atoms with van der Waals surface area (Å²) in [6.07, 6.45) is 2.44.